The van der Waals surface area contributed by atoms with Crippen molar-refractivity contribution in [3.05, 3.63) is 36.0 Å². The van der Waals surface area contributed by atoms with Crippen molar-refractivity contribution < 1.29 is 88.2 Å². The number of aliphatic hydroxyl groups is 2. The van der Waals surface area contributed by atoms with Crippen molar-refractivity contribution in [2.75, 3.05) is 6.61 Å². The van der Waals surface area contributed by atoms with Gasteiger partial charge < -0.3 is 34.1 Å². The first-order valence-electron chi connectivity index (χ1n) is 5.47. The van der Waals surface area contributed by atoms with Crippen LogP contribution in [-0.2, 0) is 9.09 Å². The number of aromatic amines is 1. The third-order valence-electron chi connectivity index (χ3n) is 2.71. The molecule has 1 aromatic carbocycles. The van der Waals surface area contributed by atoms with Gasteiger partial charge in [0.05, 0.1) is 14.4 Å². The van der Waals surface area contributed by atoms with E-state index < -0.39 is 26.6 Å². The van der Waals surface area contributed by atoms with Crippen LogP contribution in [0.4, 0.5) is 0 Å². The van der Waals surface area contributed by atoms with E-state index in [2.05, 4.69) is 9.51 Å². The zero-order chi connectivity index (χ0) is 14.0. The maximum Gasteiger partial charge on any atom is 1.00 e. The van der Waals surface area contributed by atoms with E-state index >= 15 is 0 Å². The first-order chi connectivity index (χ1) is 8.88. The summed E-state index contributed by atoms with van der Waals surface area (Å²) in [7, 11) is -5.16. The topological polar surface area (TPSA) is 129 Å². The van der Waals surface area contributed by atoms with Gasteiger partial charge in [-0.3, -0.25) is 0 Å². The molecule has 0 aliphatic carbocycles. The molecule has 2 rings (SSSR count). The minimum Gasteiger partial charge on any atom is -0.790 e. The van der Waals surface area contributed by atoms with Crippen LogP contribution < -0.4 is 68.9 Å². The maximum absolute atomic E-state index is 10.3. The third kappa shape index (κ3) is 6.06. The van der Waals surface area contributed by atoms with Crippen molar-refractivity contribution in [3.63, 3.8) is 0 Å². The molecule has 0 bridgehead atoms. The molecule has 21 heavy (non-hydrogen) atoms. The Morgan fingerprint density at radius 2 is 1.86 bits per heavy atom. The van der Waals surface area contributed by atoms with Crippen LogP contribution in [0.5, 0.6) is 0 Å². The van der Waals surface area contributed by atoms with Gasteiger partial charge in [0.15, 0.2) is 0 Å². The molecule has 0 radical (unpaired) electrons. The second-order valence-corrected chi connectivity index (χ2v) is 5.20. The summed E-state index contributed by atoms with van der Waals surface area (Å²) in [6.45, 7) is -0.787. The molecule has 1 heterocycles. The summed E-state index contributed by atoms with van der Waals surface area (Å²) in [6.07, 6.45) is -1.37. The molecule has 1 aromatic heterocycles. The molecule has 0 unspecified atom stereocenters. The van der Waals surface area contributed by atoms with Crippen LogP contribution in [-0.4, -0.2) is 27.9 Å². The second-order valence-electron chi connectivity index (χ2n) is 4.04. The van der Waals surface area contributed by atoms with Crippen LogP contribution in [0.2, 0.25) is 0 Å². The normalized spacial score (nSPS) is 14.1. The van der Waals surface area contributed by atoms with E-state index in [0.29, 0.717) is 10.9 Å². The van der Waals surface area contributed by atoms with E-state index in [4.69, 9.17) is 0 Å². The van der Waals surface area contributed by atoms with E-state index in [1.165, 1.54) is 6.20 Å². The van der Waals surface area contributed by atoms with E-state index in [-0.39, 0.29) is 59.1 Å². The number of phosphoric ester groups is 1. The van der Waals surface area contributed by atoms with Gasteiger partial charge in [-0.2, -0.15) is 0 Å². The summed E-state index contributed by atoms with van der Waals surface area (Å²) >= 11 is 0. The molecule has 0 aliphatic rings. The molecule has 2 atom stereocenters. The van der Waals surface area contributed by atoms with Gasteiger partial charge >= 0.3 is 59.1 Å². The number of para-hydroxylation sites is 1. The van der Waals surface area contributed by atoms with E-state index in [1.807, 2.05) is 0 Å². The molecular weight excluding hydrogens is 319 g/mol. The van der Waals surface area contributed by atoms with Crippen LogP contribution in [0.3, 0.4) is 0 Å². The molecule has 2 aromatic rings. The number of fused-ring (bicyclic) bond motifs is 1. The maximum atomic E-state index is 10.3. The van der Waals surface area contributed by atoms with Gasteiger partial charge in [0.1, 0.15) is 12.2 Å². The van der Waals surface area contributed by atoms with Gasteiger partial charge in [-0.15, -0.1) is 0 Å². The first-order valence-corrected chi connectivity index (χ1v) is 6.93. The standard InChI is InChI=1S/C11H14NO6P.2Na/c13-10(6-18-19(15,16)17)11(14)8-5-12-9-4-2-1-3-7(8)9;;/h1-5,10-14H,6H2,(H2,15,16,17);;/q;2*+1/p-2/t10-,11-;;/m0../s1. The number of rotatable bonds is 5. The summed E-state index contributed by atoms with van der Waals surface area (Å²) in [5, 5.41) is 20.2. The number of benzene rings is 1. The molecule has 0 spiro atoms. The molecule has 104 valence electrons. The number of aromatic nitrogens is 1. The average Bonchev–Trinajstić information content (AvgIpc) is 2.78. The van der Waals surface area contributed by atoms with Crippen molar-refractivity contribution in [2.45, 2.75) is 12.2 Å². The quantitative estimate of drug-likeness (QED) is 0.369. The van der Waals surface area contributed by atoms with Gasteiger partial charge in [-0.05, 0) is 6.07 Å². The Kier molecular flexibility index (Phi) is 9.52. The summed E-state index contributed by atoms with van der Waals surface area (Å²) in [5.41, 5.74) is 1.17. The minimum atomic E-state index is -5.16. The number of hydrogen-bond acceptors (Lipinski definition) is 6. The van der Waals surface area contributed by atoms with Crippen molar-refractivity contribution in [1.82, 2.24) is 4.98 Å². The molecule has 0 saturated carbocycles. The Hall–Kier alpha value is 0.790. The SMILES string of the molecule is O=P([O-])([O-])OC[C@H](O)[C@@H](O)c1c[nH]c2ccccc12.[Na+].[Na+]. The summed E-state index contributed by atoms with van der Waals surface area (Å²) < 4.78 is 14.3. The number of aliphatic hydroxyl groups excluding tert-OH is 2. The molecule has 0 saturated heterocycles. The monoisotopic (exact) mass is 331 g/mol. The van der Waals surface area contributed by atoms with Crippen molar-refractivity contribution in [3.8, 4) is 0 Å². The van der Waals surface area contributed by atoms with Crippen molar-refractivity contribution in [2.24, 2.45) is 0 Å². The van der Waals surface area contributed by atoms with Gasteiger partial charge in [0.2, 0.25) is 0 Å². The van der Waals surface area contributed by atoms with Gasteiger partial charge in [-0.1, -0.05) is 18.2 Å². The van der Waals surface area contributed by atoms with Gasteiger partial charge in [0, 0.05) is 22.7 Å². The van der Waals surface area contributed by atoms with Crippen LogP contribution in [0.25, 0.3) is 10.9 Å². The Morgan fingerprint density at radius 1 is 1.24 bits per heavy atom. The fourth-order valence-electron chi connectivity index (χ4n) is 1.80. The van der Waals surface area contributed by atoms with E-state index in [9.17, 15) is 24.6 Å². The predicted octanol–water partition coefficient (Wildman–Crippen LogP) is -6.58. The van der Waals surface area contributed by atoms with Crippen LogP contribution in [0.15, 0.2) is 30.5 Å². The smallest absolute Gasteiger partial charge is 0.790 e. The molecule has 0 aliphatic heterocycles. The summed E-state index contributed by atoms with van der Waals surface area (Å²) in [5.74, 6) is 0. The summed E-state index contributed by atoms with van der Waals surface area (Å²) in [6, 6.07) is 7.10. The third-order valence-corrected chi connectivity index (χ3v) is 3.17. The minimum absolute atomic E-state index is 0. The van der Waals surface area contributed by atoms with E-state index in [0.717, 1.165) is 5.52 Å². The Labute approximate surface area is 165 Å². The molecule has 0 amide bonds. The first kappa shape index (κ1) is 21.8. The second kappa shape index (κ2) is 9.17. The Morgan fingerprint density at radius 3 is 2.48 bits per heavy atom. The zero-order valence-corrected chi connectivity index (χ0v) is 16.6. The number of H-pyrrole nitrogens is 1. The number of phosphoric acid groups is 1. The van der Waals surface area contributed by atoms with Gasteiger partial charge in [0.25, 0.3) is 0 Å². The van der Waals surface area contributed by atoms with Crippen LogP contribution in [0.1, 0.15) is 11.7 Å². The molecule has 7 nitrogen and oxygen atoms in total. The predicted molar refractivity (Wildman–Crippen MR) is 62.8 cm³/mol. The fraction of sp³-hybridized carbons (Fsp3) is 0.273. The van der Waals surface area contributed by atoms with Crippen LogP contribution in [0, 0.1) is 0 Å². The molecular formula is C11H12NNa2O6P. The Balaban J connectivity index is 0.00000200. The van der Waals surface area contributed by atoms with Crippen molar-refractivity contribution in [1.29, 1.82) is 0 Å². The largest absolute Gasteiger partial charge is 1.00 e. The zero-order valence-electron chi connectivity index (χ0n) is 11.7. The summed E-state index contributed by atoms with van der Waals surface area (Å²) in [4.78, 5) is 23.5. The van der Waals surface area contributed by atoms with Crippen LogP contribution >= 0.6 is 7.82 Å². The molecule has 0 fully saturated rings. The van der Waals surface area contributed by atoms with Gasteiger partial charge in [-0.25, -0.2) is 0 Å². The average molecular weight is 331 g/mol. The molecule has 10 heteroatoms. The number of hydrogen-bond donors (Lipinski definition) is 3. The number of nitrogens with one attached hydrogen (secondary N) is 1. The Bertz CT molecular complexity index is 616. The van der Waals surface area contributed by atoms with Crippen molar-refractivity contribution >= 4 is 18.7 Å². The van der Waals surface area contributed by atoms with E-state index in [1.54, 1.807) is 24.3 Å². The molecule has 3 N–H and O–H groups in total. The fourth-order valence-corrected chi connectivity index (χ4v) is 2.14.